The molecule has 0 bridgehead atoms. The van der Waals surface area contributed by atoms with Gasteiger partial charge in [0, 0.05) is 0 Å². The monoisotopic (exact) mass is 304 g/mol. The number of benzene rings is 1. The molecule has 1 aromatic carbocycles. The first-order valence-electron chi connectivity index (χ1n) is 6.54. The molecule has 6 heteroatoms. The normalized spacial score (nSPS) is 10.1. The summed E-state index contributed by atoms with van der Waals surface area (Å²) in [5.41, 5.74) is 0.818. The number of aryl methyl sites for hydroxylation is 1. The SMILES string of the molecule is COC(=O)c1ccc(OCc2cc(C(=O)OC)c(C)o2)cc1. The van der Waals surface area contributed by atoms with E-state index in [2.05, 4.69) is 9.47 Å². The summed E-state index contributed by atoms with van der Waals surface area (Å²) in [6, 6.07) is 8.11. The van der Waals surface area contributed by atoms with Gasteiger partial charge in [-0.15, -0.1) is 0 Å². The Bertz CT molecular complexity index is 668. The van der Waals surface area contributed by atoms with Crippen molar-refractivity contribution in [2.45, 2.75) is 13.5 Å². The van der Waals surface area contributed by atoms with Gasteiger partial charge in [0.15, 0.2) is 0 Å². The molecule has 0 aliphatic heterocycles. The highest BCUT2D eigenvalue weighted by molar-refractivity contribution is 5.90. The fourth-order valence-corrected chi connectivity index (χ4v) is 1.89. The van der Waals surface area contributed by atoms with Crippen LogP contribution in [0.5, 0.6) is 5.75 Å². The van der Waals surface area contributed by atoms with E-state index >= 15 is 0 Å². The molecule has 0 saturated heterocycles. The number of rotatable bonds is 5. The maximum Gasteiger partial charge on any atom is 0.341 e. The maximum atomic E-state index is 11.5. The molecule has 0 saturated carbocycles. The Labute approximate surface area is 127 Å². The highest BCUT2D eigenvalue weighted by Crippen LogP contribution is 2.19. The van der Waals surface area contributed by atoms with Gasteiger partial charge in [0.1, 0.15) is 29.4 Å². The van der Waals surface area contributed by atoms with E-state index in [0.717, 1.165) is 0 Å². The van der Waals surface area contributed by atoms with Gasteiger partial charge in [-0.1, -0.05) is 0 Å². The number of carbonyl (C=O) groups excluding carboxylic acids is 2. The Balaban J connectivity index is 2.01. The van der Waals surface area contributed by atoms with Crippen LogP contribution in [-0.2, 0) is 16.1 Å². The van der Waals surface area contributed by atoms with E-state index in [-0.39, 0.29) is 6.61 Å². The van der Waals surface area contributed by atoms with Crippen molar-refractivity contribution < 1.29 is 28.2 Å². The lowest BCUT2D eigenvalue weighted by Crippen LogP contribution is -2.01. The summed E-state index contributed by atoms with van der Waals surface area (Å²) in [4.78, 5) is 22.8. The number of hydrogen-bond donors (Lipinski definition) is 0. The van der Waals surface area contributed by atoms with Gasteiger partial charge in [-0.2, -0.15) is 0 Å². The minimum absolute atomic E-state index is 0.162. The van der Waals surface area contributed by atoms with E-state index < -0.39 is 11.9 Å². The summed E-state index contributed by atoms with van der Waals surface area (Å²) in [7, 11) is 2.64. The smallest absolute Gasteiger partial charge is 0.341 e. The van der Waals surface area contributed by atoms with E-state index in [1.54, 1.807) is 37.3 Å². The first-order valence-corrected chi connectivity index (χ1v) is 6.54. The van der Waals surface area contributed by atoms with Gasteiger partial charge in [-0.25, -0.2) is 9.59 Å². The van der Waals surface area contributed by atoms with Crippen molar-refractivity contribution in [2.75, 3.05) is 14.2 Å². The van der Waals surface area contributed by atoms with Gasteiger partial charge in [-0.05, 0) is 37.3 Å². The molecule has 0 spiro atoms. The second-order valence-corrected chi connectivity index (χ2v) is 4.48. The Morgan fingerprint density at radius 2 is 1.68 bits per heavy atom. The van der Waals surface area contributed by atoms with Gasteiger partial charge in [0.2, 0.25) is 0 Å². The third-order valence-corrected chi connectivity index (χ3v) is 3.03. The largest absolute Gasteiger partial charge is 0.486 e. The van der Waals surface area contributed by atoms with Crippen molar-refractivity contribution in [3.63, 3.8) is 0 Å². The van der Waals surface area contributed by atoms with Crippen molar-refractivity contribution in [1.29, 1.82) is 0 Å². The second kappa shape index (κ2) is 6.80. The highest BCUT2D eigenvalue weighted by Gasteiger charge is 2.15. The van der Waals surface area contributed by atoms with E-state index in [1.165, 1.54) is 14.2 Å². The molecule has 0 amide bonds. The predicted molar refractivity (Wildman–Crippen MR) is 76.9 cm³/mol. The van der Waals surface area contributed by atoms with E-state index in [0.29, 0.717) is 28.4 Å². The molecule has 0 atom stereocenters. The summed E-state index contributed by atoms with van der Waals surface area (Å²) in [6.45, 7) is 1.84. The molecule has 0 aliphatic carbocycles. The second-order valence-electron chi connectivity index (χ2n) is 4.48. The summed E-state index contributed by atoms with van der Waals surface area (Å²) >= 11 is 0. The predicted octanol–water partition coefficient (Wildman–Crippen LogP) is 2.74. The zero-order chi connectivity index (χ0) is 16.1. The fourth-order valence-electron chi connectivity index (χ4n) is 1.89. The Morgan fingerprint density at radius 1 is 1.05 bits per heavy atom. The number of hydrogen-bond acceptors (Lipinski definition) is 6. The first kappa shape index (κ1) is 15.6. The van der Waals surface area contributed by atoms with Crippen LogP contribution in [0.2, 0.25) is 0 Å². The van der Waals surface area contributed by atoms with Crippen LogP contribution in [0.4, 0.5) is 0 Å². The Kier molecular flexibility index (Phi) is 4.83. The van der Waals surface area contributed by atoms with E-state index in [9.17, 15) is 9.59 Å². The molecular weight excluding hydrogens is 288 g/mol. The lowest BCUT2D eigenvalue weighted by molar-refractivity contribution is 0.0590. The first-order chi connectivity index (χ1) is 10.5. The lowest BCUT2D eigenvalue weighted by Gasteiger charge is -2.05. The molecule has 0 aliphatic rings. The van der Waals surface area contributed by atoms with Crippen molar-refractivity contribution in [3.05, 3.63) is 53.0 Å². The van der Waals surface area contributed by atoms with Crippen LogP contribution in [0.3, 0.4) is 0 Å². The third kappa shape index (κ3) is 3.46. The number of furan rings is 1. The van der Waals surface area contributed by atoms with Crippen LogP contribution in [0.25, 0.3) is 0 Å². The highest BCUT2D eigenvalue weighted by atomic mass is 16.5. The minimum atomic E-state index is -0.449. The van der Waals surface area contributed by atoms with Crippen LogP contribution in [0.15, 0.2) is 34.7 Å². The standard InChI is InChI=1S/C16H16O6/c1-10-14(16(18)20-3)8-13(22-10)9-21-12-6-4-11(5-7-12)15(17)19-2/h4-8H,9H2,1-3H3. The van der Waals surface area contributed by atoms with Gasteiger partial charge in [0.05, 0.1) is 19.8 Å². The fraction of sp³-hybridized carbons (Fsp3) is 0.250. The quantitative estimate of drug-likeness (QED) is 0.791. The molecule has 2 aromatic rings. The third-order valence-electron chi connectivity index (χ3n) is 3.03. The molecule has 116 valence electrons. The van der Waals surface area contributed by atoms with Gasteiger partial charge < -0.3 is 18.6 Å². The van der Waals surface area contributed by atoms with Crippen LogP contribution >= 0.6 is 0 Å². The number of carbonyl (C=O) groups is 2. The minimum Gasteiger partial charge on any atom is -0.486 e. The molecule has 22 heavy (non-hydrogen) atoms. The van der Waals surface area contributed by atoms with Gasteiger partial charge in [0.25, 0.3) is 0 Å². The van der Waals surface area contributed by atoms with Crippen molar-refractivity contribution >= 4 is 11.9 Å². The average Bonchev–Trinajstić information content (AvgIpc) is 2.92. The molecule has 0 radical (unpaired) electrons. The average molecular weight is 304 g/mol. The molecule has 6 nitrogen and oxygen atoms in total. The van der Waals surface area contributed by atoms with E-state index in [4.69, 9.17) is 9.15 Å². The zero-order valence-electron chi connectivity index (χ0n) is 12.5. The molecule has 0 fully saturated rings. The maximum absolute atomic E-state index is 11.5. The molecule has 1 aromatic heterocycles. The number of esters is 2. The summed E-state index contributed by atoms with van der Waals surface area (Å²) in [6.07, 6.45) is 0. The summed E-state index contributed by atoms with van der Waals surface area (Å²) in [5, 5.41) is 0. The van der Waals surface area contributed by atoms with Crippen LogP contribution in [0.1, 0.15) is 32.2 Å². The molecule has 0 N–H and O–H groups in total. The molecular formula is C16H16O6. The topological polar surface area (TPSA) is 75.0 Å². The van der Waals surface area contributed by atoms with Crippen molar-refractivity contribution in [2.24, 2.45) is 0 Å². The number of ether oxygens (including phenoxy) is 3. The van der Waals surface area contributed by atoms with Crippen LogP contribution < -0.4 is 4.74 Å². The summed E-state index contributed by atoms with van der Waals surface area (Å²) < 4.78 is 20.3. The molecule has 2 rings (SSSR count). The Morgan fingerprint density at radius 3 is 2.27 bits per heavy atom. The van der Waals surface area contributed by atoms with Gasteiger partial charge in [-0.3, -0.25) is 0 Å². The zero-order valence-corrected chi connectivity index (χ0v) is 12.5. The number of methoxy groups -OCH3 is 2. The molecule has 0 unspecified atom stereocenters. The van der Waals surface area contributed by atoms with Crippen molar-refractivity contribution in [1.82, 2.24) is 0 Å². The van der Waals surface area contributed by atoms with E-state index in [1.807, 2.05) is 0 Å². The summed E-state index contributed by atoms with van der Waals surface area (Å²) in [5.74, 6) is 0.702. The van der Waals surface area contributed by atoms with Crippen LogP contribution in [0, 0.1) is 6.92 Å². The lowest BCUT2D eigenvalue weighted by atomic mass is 10.2. The van der Waals surface area contributed by atoms with Crippen molar-refractivity contribution in [3.8, 4) is 5.75 Å². The van der Waals surface area contributed by atoms with Crippen LogP contribution in [-0.4, -0.2) is 26.2 Å². The Hall–Kier alpha value is -2.76. The van der Waals surface area contributed by atoms with Gasteiger partial charge >= 0.3 is 11.9 Å². The molecule has 1 heterocycles.